The highest BCUT2D eigenvalue weighted by Gasteiger charge is 2.18. The number of carbonyl (C=O) groups excluding carboxylic acids is 1. The zero-order chi connectivity index (χ0) is 11.2. The molecule has 5 heteroatoms. The Bertz CT molecular complexity index is 199. The molecule has 0 aromatic carbocycles. The van der Waals surface area contributed by atoms with Gasteiger partial charge in [0.25, 0.3) is 0 Å². The van der Waals surface area contributed by atoms with E-state index in [4.69, 9.17) is 8.85 Å². The maximum Gasteiger partial charge on any atom is 0.330 e. The van der Waals surface area contributed by atoms with E-state index < -0.39 is 18.1 Å². The molecule has 0 saturated carbocycles. The lowest BCUT2D eigenvalue weighted by molar-refractivity contribution is -0.139. The van der Waals surface area contributed by atoms with Crippen molar-refractivity contribution in [2.75, 3.05) is 0 Å². The van der Waals surface area contributed by atoms with Crippen LogP contribution in [0.5, 0.6) is 0 Å². The molecule has 0 radical (unpaired) electrons. The van der Waals surface area contributed by atoms with Crippen LogP contribution in [0.4, 0.5) is 0 Å². The molecule has 3 nitrogen and oxygen atoms in total. The summed E-state index contributed by atoms with van der Waals surface area (Å²) >= 11 is 0. The lowest BCUT2D eigenvalue weighted by Gasteiger charge is -2.21. The number of esters is 1. The molecule has 0 spiro atoms. The van der Waals surface area contributed by atoms with Gasteiger partial charge in [-0.1, -0.05) is 13.5 Å². The highest BCUT2D eigenvalue weighted by molar-refractivity contribution is 6.74. The minimum absolute atomic E-state index is 0.00720. The number of rotatable bonds is 6. The lowest BCUT2D eigenvalue weighted by atomic mass is 10.5. The summed E-state index contributed by atoms with van der Waals surface area (Å²) < 4.78 is 10.9. The lowest BCUT2D eigenvalue weighted by Crippen LogP contribution is -2.34. The quantitative estimate of drug-likeness (QED) is 0.394. The third kappa shape index (κ3) is 7.05. The highest BCUT2D eigenvalue weighted by atomic mass is 28.4. The number of carbonyl (C=O) groups is 1. The molecule has 0 saturated heterocycles. The standard InChI is InChI=1S/C9H20O3Si2/c1-6-8(10)11-9(7-2)13-12-14(3,4)5/h6,9H,1,7,13H2,2-5H3. The van der Waals surface area contributed by atoms with E-state index in [0.717, 1.165) is 6.42 Å². The number of hydrogen-bond acceptors (Lipinski definition) is 3. The second kappa shape index (κ2) is 6.16. The van der Waals surface area contributed by atoms with Crippen molar-refractivity contribution in [1.29, 1.82) is 0 Å². The van der Waals surface area contributed by atoms with Gasteiger partial charge in [-0.2, -0.15) is 0 Å². The normalized spacial score (nSPS) is 14.3. The topological polar surface area (TPSA) is 35.5 Å². The Hall–Kier alpha value is -0.396. The summed E-state index contributed by atoms with van der Waals surface area (Å²) in [6, 6.07) is 0. The van der Waals surface area contributed by atoms with E-state index in [0.29, 0.717) is 0 Å². The molecule has 14 heavy (non-hydrogen) atoms. The molecule has 82 valence electrons. The van der Waals surface area contributed by atoms with Gasteiger partial charge in [-0.05, 0) is 26.1 Å². The monoisotopic (exact) mass is 232 g/mol. The van der Waals surface area contributed by atoms with Gasteiger partial charge in [0.15, 0.2) is 18.1 Å². The first-order chi connectivity index (χ1) is 6.39. The van der Waals surface area contributed by atoms with Gasteiger partial charge in [0.05, 0.1) is 0 Å². The number of hydrogen-bond donors (Lipinski definition) is 0. The molecule has 0 heterocycles. The average Bonchev–Trinajstić information content (AvgIpc) is 2.10. The Balaban J connectivity index is 3.91. The smallest absolute Gasteiger partial charge is 0.330 e. The molecule has 0 aromatic heterocycles. The maximum absolute atomic E-state index is 10.9. The second-order valence-electron chi connectivity index (χ2n) is 4.09. The van der Waals surface area contributed by atoms with Crippen LogP contribution in [-0.2, 0) is 13.6 Å². The summed E-state index contributed by atoms with van der Waals surface area (Å²) in [5.41, 5.74) is -0.00720. The second-order valence-corrected chi connectivity index (χ2v) is 10.7. The van der Waals surface area contributed by atoms with Gasteiger partial charge in [-0.3, -0.25) is 0 Å². The molecule has 1 atom stereocenters. The molecule has 0 bridgehead atoms. The van der Waals surface area contributed by atoms with Crippen LogP contribution in [0.25, 0.3) is 0 Å². The van der Waals surface area contributed by atoms with Crippen molar-refractivity contribution in [1.82, 2.24) is 0 Å². The van der Waals surface area contributed by atoms with Gasteiger partial charge >= 0.3 is 5.97 Å². The van der Waals surface area contributed by atoms with E-state index in [-0.39, 0.29) is 11.7 Å². The van der Waals surface area contributed by atoms with Gasteiger partial charge in [-0.25, -0.2) is 4.79 Å². The molecule has 0 rings (SSSR count). The fourth-order valence-corrected chi connectivity index (χ4v) is 4.00. The van der Waals surface area contributed by atoms with Crippen LogP contribution in [0.2, 0.25) is 19.6 Å². The Kier molecular flexibility index (Phi) is 5.98. The van der Waals surface area contributed by atoms with Gasteiger partial charge in [0, 0.05) is 6.08 Å². The first kappa shape index (κ1) is 13.6. The van der Waals surface area contributed by atoms with Gasteiger partial charge < -0.3 is 8.85 Å². The van der Waals surface area contributed by atoms with Crippen molar-refractivity contribution >= 4 is 24.0 Å². The molecule has 0 aliphatic rings. The molecule has 0 N–H and O–H groups in total. The van der Waals surface area contributed by atoms with Crippen LogP contribution in [0.1, 0.15) is 13.3 Å². The van der Waals surface area contributed by atoms with E-state index in [2.05, 4.69) is 26.2 Å². The van der Waals surface area contributed by atoms with Crippen LogP contribution >= 0.6 is 0 Å². The van der Waals surface area contributed by atoms with E-state index in [9.17, 15) is 4.79 Å². The Morgan fingerprint density at radius 2 is 2.14 bits per heavy atom. The zero-order valence-electron chi connectivity index (χ0n) is 9.50. The summed E-state index contributed by atoms with van der Waals surface area (Å²) in [5, 5.41) is 0. The van der Waals surface area contributed by atoms with Crippen molar-refractivity contribution in [3.8, 4) is 0 Å². The first-order valence-electron chi connectivity index (χ1n) is 4.86. The molecule has 0 aliphatic heterocycles. The number of ether oxygens (including phenoxy) is 1. The molecular formula is C9H20O3Si2. The summed E-state index contributed by atoms with van der Waals surface area (Å²) in [5.74, 6) is -0.344. The van der Waals surface area contributed by atoms with Crippen LogP contribution < -0.4 is 0 Å². The molecule has 1 unspecified atom stereocenters. The van der Waals surface area contributed by atoms with E-state index in [1.54, 1.807) is 0 Å². The largest absolute Gasteiger partial charge is 0.461 e. The van der Waals surface area contributed by atoms with E-state index in [1.165, 1.54) is 6.08 Å². The average molecular weight is 232 g/mol. The first-order valence-corrected chi connectivity index (χ1v) is 9.66. The third-order valence-corrected chi connectivity index (χ3v) is 6.85. The van der Waals surface area contributed by atoms with Crippen LogP contribution in [0.15, 0.2) is 12.7 Å². The summed E-state index contributed by atoms with van der Waals surface area (Å²) in [6.07, 6.45) is 2.03. The third-order valence-electron chi connectivity index (χ3n) is 1.61. The summed E-state index contributed by atoms with van der Waals surface area (Å²) in [7, 11) is -2.21. The Labute approximate surface area is 89.6 Å². The molecule has 0 aromatic rings. The van der Waals surface area contributed by atoms with E-state index >= 15 is 0 Å². The van der Waals surface area contributed by atoms with Gasteiger partial charge in [0.1, 0.15) is 5.73 Å². The maximum atomic E-state index is 10.9. The fraction of sp³-hybridized carbons (Fsp3) is 0.667. The molecule has 0 fully saturated rings. The van der Waals surface area contributed by atoms with Crippen LogP contribution in [0.3, 0.4) is 0 Å². The highest BCUT2D eigenvalue weighted by Crippen LogP contribution is 2.05. The summed E-state index contributed by atoms with van der Waals surface area (Å²) in [6.45, 7) is 11.8. The van der Waals surface area contributed by atoms with Gasteiger partial charge in [-0.15, -0.1) is 0 Å². The van der Waals surface area contributed by atoms with Crippen molar-refractivity contribution in [3.05, 3.63) is 12.7 Å². The Morgan fingerprint density at radius 1 is 1.57 bits per heavy atom. The predicted octanol–water partition coefficient (Wildman–Crippen LogP) is 1.39. The minimum atomic E-state index is -1.45. The van der Waals surface area contributed by atoms with Crippen molar-refractivity contribution in [2.45, 2.75) is 38.7 Å². The van der Waals surface area contributed by atoms with E-state index in [1.807, 2.05) is 6.92 Å². The van der Waals surface area contributed by atoms with Crippen molar-refractivity contribution in [3.63, 3.8) is 0 Å². The molecule has 0 amide bonds. The SMILES string of the molecule is C=CC(=O)OC(CC)[SiH2]O[Si](C)(C)C. The molecule has 0 aliphatic carbocycles. The summed E-state index contributed by atoms with van der Waals surface area (Å²) in [4.78, 5) is 10.9. The van der Waals surface area contributed by atoms with Gasteiger partial charge in [0.2, 0.25) is 0 Å². The van der Waals surface area contributed by atoms with Crippen molar-refractivity contribution < 1.29 is 13.6 Å². The minimum Gasteiger partial charge on any atom is -0.461 e. The molecular weight excluding hydrogens is 212 g/mol. The Morgan fingerprint density at radius 3 is 2.50 bits per heavy atom. The zero-order valence-corrected chi connectivity index (χ0v) is 11.9. The van der Waals surface area contributed by atoms with Crippen LogP contribution in [-0.4, -0.2) is 29.8 Å². The fourth-order valence-electron chi connectivity index (χ4n) is 0.791. The predicted molar refractivity (Wildman–Crippen MR) is 63.3 cm³/mol. The van der Waals surface area contributed by atoms with Crippen molar-refractivity contribution in [2.24, 2.45) is 0 Å². The van der Waals surface area contributed by atoms with Crippen LogP contribution in [0, 0.1) is 0 Å².